The van der Waals surface area contributed by atoms with Gasteiger partial charge in [0.25, 0.3) is 0 Å². The van der Waals surface area contributed by atoms with E-state index in [-0.39, 0.29) is 0 Å². The first-order valence-electron chi connectivity index (χ1n) is 7.22. The maximum atomic E-state index is 5.08. The molecule has 0 unspecified atom stereocenters. The molecule has 1 N–H and O–H groups in total. The van der Waals surface area contributed by atoms with Crippen molar-refractivity contribution in [3.63, 3.8) is 0 Å². The van der Waals surface area contributed by atoms with Crippen LogP contribution in [0.2, 0.25) is 0 Å². The van der Waals surface area contributed by atoms with Crippen LogP contribution in [0, 0.1) is 6.92 Å². The fourth-order valence-corrected chi connectivity index (χ4v) is 3.53. The number of thioether (sulfide) groups is 1. The smallest absolute Gasteiger partial charge is 0.237 e. The van der Waals surface area contributed by atoms with Crippen LogP contribution in [0.3, 0.4) is 0 Å². The second kappa shape index (κ2) is 7.10. The molecule has 23 heavy (non-hydrogen) atoms. The van der Waals surface area contributed by atoms with E-state index in [1.54, 1.807) is 6.92 Å². The SMILES string of the molecule is Cc1noc(CSc2nnc(Nc3ccc(C(C)C)cc3)s2)n1. The predicted molar refractivity (Wildman–Crippen MR) is 92.3 cm³/mol. The average Bonchev–Trinajstić information content (AvgIpc) is 3.15. The second-order valence-corrected chi connectivity index (χ2v) is 7.50. The lowest BCUT2D eigenvalue weighted by Gasteiger charge is -2.06. The molecule has 0 saturated carbocycles. The van der Waals surface area contributed by atoms with Crippen LogP contribution in [0.5, 0.6) is 0 Å². The third kappa shape index (κ3) is 4.29. The molecule has 0 aliphatic rings. The second-order valence-electron chi connectivity index (χ2n) is 5.30. The van der Waals surface area contributed by atoms with Crippen LogP contribution in [-0.4, -0.2) is 20.3 Å². The number of rotatable bonds is 6. The fraction of sp³-hybridized carbons (Fsp3) is 0.333. The minimum Gasteiger partial charge on any atom is -0.338 e. The Morgan fingerprint density at radius 1 is 1.22 bits per heavy atom. The Balaban J connectivity index is 1.58. The topological polar surface area (TPSA) is 76.7 Å². The van der Waals surface area contributed by atoms with Crippen molar-refractivity contribution in [2.45, 2.75) is 36.8 Å². The van der Waals surface area contributed by atoms with Crippen molar-refractivity contribution in [1.29, 1.82) is 0 Å². The van der Waals surface area contributed by atoms with Gasteiger partial charge < -0.3 is 9.84 Å². The van der Waals surface area contributed by atoms with Crippen molar-refractivity contribution in [2.24, 2.45) is 0 Å². The van der Waals surface area contributed by atoms with Crippen molar-refractivity contribution in [3.05, 3.63) is 41.5 Å². The van der Waals surface area contributed by atoms with Crippen LogP contribution in [0.25, 0.3) is 0 Å². The van der Waals surface area contributed by atoms with Crippen molar-refractivity contribution in [3.8, 4) is 0 Å². The van der Waals surface area contributed by atoms with Gasteiger partial charge in [0, 0.05) is 5.69 Å². The quantitative estimate of drug-likeness (QED) is 0.663. The molecule has 0 aliphatic heterocycles. The summed E-state index contributed by atoms with van der Waals surface area (Å²) in [5.41, 5.74) is 2.33. The van der Waals surface area contributed by atoms with Gasteiger partial charge >= 0.3 is 0 Å². The average molecular weight is 347 g/mol. The van der Waals surface area contributed by atoms with E-state index in [2.05, 4.69) is 63.8 Å². The lowest BCUT2D eigenvalue weighted by Crippen LogP contribution is -1.91. The number of benzene rings is 1. The van der Waals surface area contributed by atoms with Crippen LogP contribution in [0.15, 0.2) is 33.1 Å². The van der Waals surface area contributed by atoms with E-state index >= 15 is 0 Å². The highest BCUT2D eigenvalue weighted by molar-refractivity contribution is 8.00. The van der Waals surface area contributed by atoms with Crippen LogP contribution >= 0.6 is 23.1 Å². The van der Waals surface area contributed by atoms with Gasteiger partial charge in [-0.2, -0.15) is 4.98 Å². The summed E-state index contributed by atoms with van der Waals surface area (Å²) >= 11 is 3.04. The maximum Gasteiger partial charge on any atom is 0.237 e. The Morgan fingerprint density at radius 3 is 2.65 bits per heavy atom. The van der Waals surface area contributed by atoms with Gasteiger partial charge in [0.1, 0.15) is 0 Å². The van der Waals surface area contributed by atoms with Crippen molar-refractivity contribution in [2.75, 3.05) is 5.32 Å². The highest BCUT2D eigenvalue weighted by Gasteiger charge is 2.09. The molecule has 0 saturated heterocycles. The molecule has 0 aliphatic carbocycles. The number of nitrogens with zero attached hydrogens (tertiary/aromatic N) is 4. The molecule has 3 rings (SSSR count). The standard InChI is InChI=1S/C15H17N5OS2/c1-9(2)11-4-6-12(7-5-11)17-14-18-19-15(23-14)22-8-13-16-10(3)20-21-13/h4-7,9H,8H2,1-3H3,(H,17,18). The summed E-state index contributed by atoms with van der Waals surface area (Å²) in [5, 5.41) is 16.1. The number of nitrogens with one attached hydrogen (secondary N) is 1. The predicted octanol–water partition coefficient (Wildman–Crippen LogP) is 4.39. The van der Waals surface area contributed by atoms with E-state index in [0.717, 1.165) is 15.2 Å². The normalized spacial score (nSPS) is 11.1. The molecule has 8 heteroatoms. The van der Waals surface area contributed by atoms with Crippen molar-refractivity contribution in [1.82, 2.24) is 20.3 Å². The fourth-order valence-electron chi connectivity index (χ4n) is 1.92. The highest BCUT2D eigenvalue weighted by Crippen LogP contribution is 2.29. The molecule has 2 aromatic heterocycles. The Hall–Kier alpha value is -1.93. The summed E-state index contributed by atoms with van der Waals surface area (Å²) in [5.74, 6) is 2.37. The molecule has 0 radical (unpaired) electrons. The van der Waals surface area contributed by atoms with Gasteiger partial charge in [0.05, 0.1) is 5.75 Å². The van der Waals surface area contributed by atoms with Gasteiger partial charge in [-0.15, -0.1) is 10.2 Å². The van der Waals surface area contributed by atoms with E-state index in [0.29, 0.717) is 23.4 Å². The molecule has 0 fully saturated rings. The first kappa shape index (κ1) is 15.9. The molecule has 6 nitrogen and oxygen atoms in total. The summed E-state index contributed by atoms with van der Waals surface area (Å²) in [6.45, 7) is 6.17. The number of hydrogen-bond donors (Lipinski definition) is 1. The first-order valence-corrected chi connectivity index (χ1v) is 9.03. The van der Waals surface area contributed by atoms with E-state index in [1.807, 2.05) is 0 Å². The third-order valence-electron chi connectivity index (χ3n) is 3.12. The lowest BCUT2D eigenvalue weighted by molar-refractivity contribution is 0.387. The molecule has 0 spiro atoms. The molecule has 120 valence electrons. The monoisotopic (exact) mass is 347 g/mol. The summed E-state index contributed by atoms with van der Waals surface area (Å²) in [4.78, 5) is 4.16. The summed E-state index contributed by atoms with van der Waals surface area (Å²) in [6, 6.07) is 8.37. The van der Waals surface area contributed by atoms with Crippen LogP contribution in [-0.2, 0) is 5.75 Å². The largest absolute Gasteiger partial charge is 0.338 e. The summed E-state index contributed by atoms with van der Waals surface area (Å²) in [7, 11) is 0. The Kier molecular flexibility index (Phi) is 4.92. The van der Waals surface area contributed by atoms with Crippen LogP contribution in [0.4, 0.5) is 10.8 Å². The van der Waals surface area contributed by atoms with Gasteiger partial charge in [0.15, 0.2) is 10.2 Å². The third-order valence-corrected chi connectivity index (χ3v) is 5.08. The van der Waals surface area contributed by atoms with E-state index < -0.39 is 0 Å². The molecule has 3 aromatic rings. The van der Waals surface area contributed by atoms with Crippen LogP contribution in [0.1, 0.15) is 37.0 Å². The zero-order valence-electron chi connectivity index (χ0n) is 13.1. The van der Waals surface area contributed by atoms with Gasteiger partial charge in [-0.05, 0) is 30.5 Å². The summed E-state index contributed by atoms with van der Waals surface area (Å²) in [6.07, 6.45) is 0. The molecule has 1 aromatic carbocycles. The minimum absolute atomic E-state index is 0.530. The summed E-state index contributed by atoms with van der Waals surface area (Å²) < 4.78 is 5.94. The Morgan fingerprint density at radius 2 is 2.00 bits per heavy atom. The number of aryl methyl sites for hydroxylation is 1. The number of hydrogen-bond acceptors (Lipinski definition) is 8. The number of anilines is 2. The van der Waals surface area contributed by atoms with Crippen molar-refractivity contribution < 1.29 is 4.52 Å². The van der Waals surface area contributed by atoms with Gasteiger partial charge in [-0.1, -0.05) is 54.2 Å². The zero-order chi connectivity index (χ0) is 16.2. The van der Waals surface area contributed by atoms with Gasteiger partial charge in [0.2, 0.25) is 11.0 Å². The molecule has 0 amide bonds. The maximum absolute atomic E-state index is 5.08. The first-order chi connectivity index (χ1) is 11.1. The van der Waals surface area contributed by atoms with E-state index in [4.69, 9.17) is 4.52 Å². The molecular weight excluding hydrogens is 330 g/mol. The highest BCUT2D eigenvalue weighted by atomic mass is 32.2. The van der Waals surface area contributed by atoms with E-state index in [9.17, 15) is 0 Å². The van der Waals surface area contributed by atoms with Gasteiger partial charge in [-0.25, -0.2) is 0 Å². The van der Waals surface area contributed by atoms with E-state index in [1.165, 1.54) is 28.7 Å². The molecule has 0 bridgehead atoms. The Labute approximate surface area is 142 Å². The van der Waals surface area contributed by atoms with Crippen LogP contribution < -0.4 is 5.32 Å². The lowest BCUT2D eigenvalue weighted by atomic mass is 10.0. The minimum atomic E-state index is 0.530. The zero-order valence-corrected chi connectivity index (χ0v) is 14.7. The molecular formula is C15H17N5OS2. The molecule has 2 heterocycles. The van der Waals surface area contributed by atoms with Gasteiger partial charge in [-0.3, -0.25) is 0 Å². The number of aromatic nitrogens is 4. The Bertz CT molecular complexity index is 766. The molecule has 0 atom stereocenters. The van der Waals surface area contributed by atoms with Crippen molar-refractivity contribution >= 4 is 33.9 Å².